The summed E-state index contributed by atoms with van der Waals surface area (Å²) in [5, 5.41) is 12.9. The summed E-state index contributed by atoms with van der Waals surface area (Å²) in [6, 6.07) is 56.1. The fourth-order valence-electron chi connectivity index (χ4n) is 7.10. The van der Waals surface area contributed by atoms with Crippen LogP contribution in [0.2, 0.25) is 0 Å². The van der Waals surface area contributed by atoms with Crippen molar-refractivity contribution in [1.29, 1.82) is 0 Å². The van der Waals surface area contributed by atoms with Gasteiger partial charge in [0.15, 0.2) is 0 Å². The zero-order chi connectivity index (χ0) is 29.2. The van der Waals surface area contributed by atoms with Crippen LogP contribution in [-0.4, -0.2) is 0 Å². The first kappa shape index (κ1) is 25.3. The third-order valence-electron chi connectivity index (χ3n) is 9.17. The molecular formula is C43H28S. The van der Waals surface area contributed by atoms with Gasteiger partial charge in [-0.2, -0.15) is 0 Å². The van der Waals surface area contributed by atoms with Crippen LogP contribution in [0.3, 0.4) is 0 Å². The lowest BCUT2D eigenvalue weighted by molar-refractivity contribution is 1.68. The van der Waals surface area contributed by atoms with Gasteiger partial charge in [-0.05, 0) is 101 Å². The van der Waals surface area contributed by atoms with Gasteiger partial charge in [0.25, 0.3) is 0 Å². The Hall–Kier alpha value is -5.24. The number of thiophene rings is 1. The molecule has 44 heavy (non-hydrogen) atoms. The average molecular weight is 577 g/mol. The zero-order valence-corrected chi connectivity index (χ0v) is 25.2. The molecule has 0 nitrogen and oxygen atoms in total. The molecule has 0 saturated carbocycles. The lowest BCUT2D eigenvalue weighted by Gasteiger charge is -2.19. The van der Waals surface area contributed by atoms with E-state index in [4.69, 9.17) is 0 Å². The van der Waals surface area contributed by atoms with Gasteiger partial charge in [0.2, 0.25) is 0 Å². The van der Waals surface area contributed by atoms with Crippen LogP contribution in [0.15, 0.2) is 152 Å². The molecule has 1 aromatic heterocycles. The van der Waals surface area contributed by atoms with Gasteiger partial charge >= 0.3 is 0 Å². The van der Waals surface area contributed by atoms with Crippen molar-refractivity contribution in [2.45, 2.75) is 6.92 Å². The first-order chi connectivity index (χ1) is 21.7. The highest BCUT2D eigenvalue weighted by molar-refractivity contribution is 7.17. The maximum Gasteiger partial charge on any atom is 0.0424 e. The Morgan fingerprint density at radius 3 is 1.41 bits per heavy atom. The summed E-state index contributed by atoms with van der Waals surface area (Å²) >= 11 is 1.90. The largest absolute Gasteiger partial charge is 0.139 e. The van der Waals surface area contributed by atoms with E-state index in [0.717, 1.165) is 0 Å². The predicted molar refractivity (Wildman–Crippen MR) is 193 cm³/mol. The quantitative estimate of drug-likeness (QED) is 0.184. The maximum atomic E-state index is 2.45. The van der Waals surface area contributed by atoms with Crippen molar-refractivity contribution in [3.05, 3.63) is 157 Å². The van der Waals surface area contributed by atoms with Crippen molar-refractivity contribution in [2.75, 3.05) is 0 Å². The minimum absolute atomic E-state index is 1.25. The van der Waals surface area contributed by atoms with E-state index >= 15 is 0 Å². The fourth-order valence-corrected chi connectivity index (χ4v) is 8.22. The number of hydrogen-bond donors (Lipinski definition) is 0. The van der Waals surface area contributed by atoms with Crippen molar-refractivity contribution in [2.24, 2.45) is 0 Å². The molecule has 0 amide bonds. The monoisotopic (exact) mass is 576 g/mol. The highest BCUT2D eigenvalue weighted by atomic mass is 32.1. The summed E-state index contributed by atoms with van der Waals surface area (Å²) < 4.78 is 0. The molecule has 0 N–H and O–H groups in total. The third-order valence-corrected chi connectivity index (χ3v) is 10.4. The fraction of sp³-hybridized carbons (Fsp3) is 0.0233. The Labute approximate surface area is 260 Å². The molecule has 0 atom stereocenters. The lowest BCUT2D eigenvalue weighted by atomic mass is 9.84. The van der Waals surface area contributed by atoms with Crippen LogP contribution in [0.25, 0.3) is 86.6 Å². The normalized spacial score (nSPS) is 11.8. The van der Waals surface area contributed by atoms with E-state index in [1.54, 1.807) is 0 Å². The van der Waals surface area contributed by atoms with Crippen molar-refractivity contribution in [1.82, 2.24) is 0 Å². The van der Waals surface area contributed by atoms with Crippen molar-refractivity contribution in [3.8, 4) is 32.7 Å². The summed E-state index contributed by atoms with van der Waals surface area (Å²) in [5.74, 6) is 0. The van der Waals surface area contributed by atoms with Gasteiger partial charge in [-0.1, -0.05) is 133 Å². The van der Waals surface area contributed by atoms with Crippen LogP contribution in [-0.2, 0) is 0 Å². The SMILES string of the molecule is Cc1sc(-c2ccc3c(-c4ccc5ccccc5c4)c4ccccc4c(-c4ccc5ccccc5c4)c3c2)c2ccccc12. The van der Waals surface area contributed by atoms with Crippen LogP contribution >= 0.6 is 11.3 Å². The molecule has 206 valence electrons. The minimum Gasteiger partial charge on any atom is -0.139 e. The molecule has 1 heterocycles. The number of aryl methyl sites for hydroxylation is 1. The summed E-state index contributed by atoms with van der Waals surface area (Å²) in [7, 11) is 0. The minimum atomic E-state index is 1.25. The van der Waals surface area contributed by atoms with E-state index in [9.17, 15) is 0 Å². The molecule has 0 aliphatic heterocycles. The second-order valence-corrected chi connectivity index (χ2v) is 12.9. The number of fused-ring (bicyclic) bond motifs is 5. The Morgan fingerprint density at radius 1 is 0.341 bits per heavy atom. The van der Waals surface area contributed by atoms with Crippen LogP contribution in [0.4, 0.5) is 0 Å². The maximum absolute atomic E-state index is 2.45. The smallest absolute Gasteiger partial charge is 0.0424 e. The molecule has 0 radical (unpaired) electrons. The van der Waals surface area contributed by atoms with Gasteiger partial charge in [-0.15, -0.1) is 11.3 Å². The van der Waals surface area contributed by atoms with Crippen LogP contribution < -0.4 is 0 Å². The number of hydrogen-bond acceptors (Lipinski definition) is 1. The summed E-state index contributed by atoms with van der Waals surface area (Å²) in [6.07, 6.45) is 0. The van der Waals surface area contributed by atoms with Crippen molar-refractivity contribution >= 4 is 65.2 Å². The first-order valence-corrected chi connectivity index (χ1v) is 16.0. The molecule has 1 heteroatoms. The Balaban J connectivity index is 1.42. The van der Waals surface area contributed by atoms with E-state index < -0.39 is 0 Å². The molecule has 8 aromatic carbocycles. The van der Waals surface area contributed by atoms with Gasteiger partial charge in [0.05, 0.1) is 0 Å². The highest BCUT2D eigenvalue weighted by Gasteiger charge is 2.19. The third kappa shape index (κ3) is 3.90. The zero-order valence-electron chi connectivity index (χ0n) is 24.3. The van der Waals surface area contributed by atoms with Gasteiger partial charge in [0.1, 0.15) is 0 Å². The van der Waals surface area contributed by atoms with E-state index in [-0.39, 0.29) is 0 Å². The van der Waals surface area contributed by atoms with Gasteiger partial charge in [0, 0.05) is 15.1 Å². The first-order valence-electron chi connectivity index (χ1n) is 15.2. The van der Waals surface area contributed by atoms with E-state index in [1.165, 1.54) is 91.4 Å². The van der Waals surface area contributed by atoms with E-state index in [1.807, 2.05) is 11.3 Å². The Bertz CT molecular complexity index is 2560. The molecule has 0 saturated heterocycles. The molecule has 0 aliphatic carbocycles. The van der Waals surface area contributed by atoms with Gasteiger partial charge < -0.3 is 0 Å². The standard InChI is InChI=1S/C43H28S/c1-27-35-14-6-9-17-39(35)43(44-27)34-22-23-38-40(26-34)42(33-21-19-29-11-3-5-13-31(29)25-33)37-16-8-7-15-36(37)41(38)32-20-18-28-10-2-4-12-30(28)24-32/h2-26H,1H3. The average Bonchev–Trinajstić information content (AvgIpc) is 3.42. The number of benzene rings is 8. The lowest BCUT2D eigenvalue weighted by Crippen LogP contribution is -1.92. The molecular weight excluding hydrogens is 549 g/mol. The molecule has 0 fully saturated rings. The van der Waals surface area contributed by atoms with Gasteiger partial charge in [-0.3, -0.25) is 0 Å². The molecule has 0 bridgehead atoms. The topological polar surface area (TPSA) is 0 Å². The molecule has 0 spiro atoms. The van der Waals surface area contributed by atoms with Gasteiger partial charge in [-0.25, -0.2) is 0 Å². The number of rotatable bonds is 3. The van der Waals surface area contributed by atoms with Crippen LogP contribution in [0.1, 0.15) is 4.88 Å². The van der Waals surface area contributed by atoms with Crippen molar-refractivity contribution in [3.63, 3.8) is 0 Å². The molecule has 9 aromatic rings. The van der Waals surface area contributed by atoms with Crippen LogP contribution in [0, 0.1) is 6.92 Å². The highest BCUT2D eigenvalue weighted by Crippen LogP contribution is 2.47. The second kappa shape index (κ2) is 9.91. The summed E-state index contributed by atoms with van der Waals surface area (Å²) in [5.41, 5.74) is 6.36. The molecule has 0 aliphatic rings. The van der Waals surface area contributed by atoms with E-state index in [2.05, 4.69) is 159 Å². The van der Waals surface area contributed by atoms with Crippen LogP contribution in [0.5, 0.6) is 0 Å². The predicted octanol–water partition coefficient (Wildman–Crippen LogP) is 12.8. The van der Waals surface area contributed by atoms with E-state index in [0.29, 0.717) is 0 Å². The second-order valence-electron chi connectivity index (χ2n) is 11.7. The Kier molecular flexibility index (Phi) is 5.69. The Morgan fingerprint density at radius 2 is 0.795 bits per heavy atom. The molecule has 9 rings (SSSR count). The summed E-state index contributed by atoms with van der Waals surface area (Å²) in [6.45, 7) is 2.24. The summed E-state index contributed by atoms with van der Waals surface area (Å²) in [4.78, 5) is 2.70. The van der Waals surface area contributed by atoms with Crippen molar-refractivity contribution < 1.29 is 0 Å². The molecule has 0 unspecified atom stereocenters.